The highest BCUT2D eigenvalue weighted by atomic mass is 79.9. The molecule has 76 valence electrons. The predicted molar refractivity (Wildman–Crippen MR) is 54.8 cm³/mol. The number of benzene rings is 1. The Morgan fingerprint density at radius 3 is 2.79 bits per heavy atom. The normalized spacial score (nSPS) is 12.2. The minimum Gasteiger partial charge on any atom is -0.508 e. The molecule has 1 aromatic carbocycles. The van der Waals surface area contributed by atoms with E-state index in [9.17, 15) is 9.90 Å². The molecular weight excluding hydrogens is 250 g/mol. The molecule has 0 saturated heterocycles. The van der Waals surface area contributed by atoms with Crippen molar-refractivity contribution in [2.75, 3.05) is 7.11 Å². The molecule has 0 spiro atoms. The van der Waals surface area contributed by atoms with Crippen molar-refractivity contribution in [1.29, 1.82) is 0 Å². The smallest absolute Gasteiger partial charge is 0.327 e. The van der Waals surface area contributed by atoms with Crippen LogP contribution in [0.15, 0.2) is 22.7 Å². The minimum atomic E-state index is -0.951. The molecule has 0 unspecified atom stereocenters. The first-order chi connectivity index (χ1) is 6.56. The van der Waals surface area contributed by atoms with Crippen molar-refractivity contribution in [2.24, 2.45) is 5.73 Å². The highest BCUT2D eigenvalue weighted by molar-refractivity contribution is 9.10. The largest absolute Gasteiger partial charge is 0.508 e. The summed E-state index contributed by atoms with van der Waals surface area (Å²) in [5.74, 6) is -0.611. The summed E-state index contributed by atoms with van der Waals surface area (Å²) in [6.45, 7) is 0. The maximum atomic E-state index is 11.1. The van der Waals surface area contributed by atoms with E-state index in [2.05, 4.69) is 20.7 Å². The Kier molecular flexibility index (Phi) is 3.49. The number of carbonyl (C=O) groups is 1. The molecule has 0 aliphatic heterocycles. The van der Waals surface area contributed by atoms with Crippen LogP contribution < -0.4 is 5.73 Å². The van der Waals surface area contributed by atoms with Gasteiger partial charge in [0.15, 0.2) is 0 Å². The second kappa shape index (κ2) is 4.43. The van der Waals surface area contributed by atoms with Gasteiger partial charge in [-0.25, -0.2) is 0 Å². The van der Waals surface area contributed by atoms with E-state index in [1.807, 2.05) is 0 Å². The van der Waals surface area contributed by atoms with E-state index < -0.39 is 12.0 Å². The number of aromatic hydroxyl groups is 1. The van der Waals surface area contributed by atoms with E-state index in [-0.39, 0.29) is 5.75 Å². The van der Waals surface area contributed by atoms with Crippen molar-refractivity contribution in [3.8, 4) is 5.75 Å². The van der Waals surface area contributed by atoms with Crippen molar-refractivity contribution in [3.05, 3.63) is 28.2 Å². The van der Waals surface area contributed by atoms with Crippen LogP contribution >= 0.6 is 15.9 Å². The topological polar surface area (TPSA) is 72.5 Å². The number of halogens is 1. The molecule has 0 fully saturated rings. The zero-order valence-electron chi connectivity index (χ0n) is 7.53. The minimum absolute atomic E-state index is 0.0303. The van der Waals surface area contributed by atoms with Crippen molar-refractivity contribution in [1.82, 2.24) is 0 Å². The predicted octanol–water partition coefficient (Wildman–Crippen LogP) is 1.33. The van der Waals surface area contributed by atoms with Crippen molar-refractivity contribution >= 4 is 21.9 Å². The van der Waals surface area contributed by atoms with Gasteiger partial charge in [-0.2, -0.15) is 0 Å². The molecule has 4 nitrogen and oxygen atoms in total. The lowest BCUT2D eigenvalue weighted by Crippen LogP contribution is -2.22. The van der Waals surface area contributed by atoms with Gasteiger partial charge in [0.2, 0.25) is 0 Å². The third-order valence-electron chi connectivity index (χ3n) is 1.78. The van der Waals surface area contributed by atoms with Crippen LogP contribution in [0.2, 0.25) is 0 Å². The molecule has 0 aliphatic carbocycles. The van der Waals surface area contributed by atoms with E-state index in [0.29, 0.717) is 5.56 Å². The molecule has 5 heteroatoms. The average molecular weight is 260 g/mol. The Labute approximate surface area is 89.8 Å². The Balaban J connectivity index is 3.01. The summed E-state index contributed by atoms with van der Waals surface area (Å²) in [6, 6.07) is 3.78. The van der Waals surface area contributed by atoms with Gasteiger partial charge < -0.3 is 15.6 Å². The quantitative estimate of drug-likeness (QED) is 0.787. The number of carbonyl (C=O) groups excluding carboxylic acids is 1. The Bertz CT molecular complexity index is 354. The van der Waals surface area contributed by atoms with Crippen LogP contribution in [0.4, 0.5) is 0 Å². The van der Waals surface area contributed by atoms with Gasteiger partial charge in [-0.3, -0.25) is 4.79 Å². The fraction of sp³-hybridized carbons (Fsp3) is 0.222. The number of rotatable bonds is 2. The van der Waals surface area contributed by atoms with E-state index in [0.717, 1.165) is 4.47 Å². The van der Waals surface area contributed by atoms with Crippen molar-refractivity contribution in [3.63, 3.8) is 0 Å². The number of hydrogen-bond donors (Lipinski definition) is 2. The first-order valence-electron chi connectivity index (χ1n) is 3.88. The third-order valence-corrected chi connectivity index (χ3v) is 2.28. The van der Waals surface area contributed by atoms with Gasteiger partial charge in [0.25, 0.3) is 0 Å². The van der Waals surface area contributed by atoms with Gasteiger partial charge >= 0.3 is 5.97 Å². The second-order valence-electron chi connectivity index (χ2n) is 2.70. The number of phenolic OH excluding ortho intramolecular Hbond substituents is 1. The molecule has 1 aromatic rings. The molecule has 0 bridgehead atoms. The van der Waals surface area contributed by atoms with Crippen LogP contribution in [-0.4, -0.2) is 18.2 Å². The lowest BCUT2D eigenvalue weighted by Gasteiger charge is -2.11. The highest BCUT2D eigenvalue weighted by Gasteiger charge is 2.19. The van der Waals surface area contributed by atoms with E-state index in [1.54, 1.807) is 12.1 Å². The molecular formula is C9H10BrNO3. The molecule has 1 rings (SSSR count). The summed E-state index contributed by atoms with van der Waals surface area (Å²) in [4.78, 5) is 11.1. The molecule has 1 atom stereocenters. The number of ether oxygens (including phenoxy) is 1. The fourth-order valence-electron chi connectivity index (χ4n) is 1.03. The monoisotopic (exact) mass is 259 g/mol. The van der Waals surface area contributed by atoms with Crippen LogP contribution in [0.25, 0.3) is 0 Å². The number of phenols is 1. The maximum absolute atomic E-state index is 11.1. The second-order valence-corrected chi connectivity index (χ2v) is 3.62. The summed E-state index contributed by atoms with van der Waals surface area (Å²) in [6.07, 6.45) is 0. The number of hydrogen-bond acceptors (Lipinski definition) is 4. The number of esters is 1. The molecule has 0 radical (unpaired) electrons. The number of nitrogens with two attached hydrogens (primary N) is 1. The summed E-state index contributed by atoms with van der Waals surface area (Å²) >= 11 is 3.18. The summed E-state index contributed by atoms with van der Waals surface area (Å²) < 4.78 is 5.18. The van der Waals surface area contributed by atoms with Crippen LogP contribution in [0, 0.1) is 0 Å². The first kappa shape index (κ1) is 11.0. The Hall–Kier alpha value is -1.07. The van der Waals surface area contributed by atoms with Crippen molar-refractivity contribution in [2.45, 2.75) is 6.04 Å². The van der Waals surface area contributed by atoms with Crippen LogP contribution in [0.1, 0.15) is 11.6 Å². The molecule has 0 aliphatic rings. The molecule has 0 saturated carbocycles. The van der Waals surface area contributed by atoms with E-state index in [4.69, 9.17) is 5.73 Å². The van der Waals surface area contributed by atoms with Crippen LogP contribution in [0.3, 0.4) is 0 Å². The lowest BCUT2D eigenvalue weighted by molar-refractivity contribution is -0.142. The van der Waals surface area contributed by atoms with Gasteiger partial charge in [-0.05, 0) is 12.1 Å². The van der Waals surface area contributed by atoms with E-state index >= 15 is 0 Å². The zero-order valence-corrected chi connectivity index (χ0v) is 9.11. The Morgan fingerprint density at radius 1 is 1.64 bits per heavy atom. The summed E-state index contributed by atoms with van der Waals surface area (Å²) in [5.41, 5.74) is 5.90. The van der Waals surface area contributed by atoms with Gasteiger partial charge in [0.1, 0.15) is 11.8 Å². The van der Waals surface area contributed by atoms with Gasteiger partial charge in [-0.15, -0.1) is 0 Å². The molecule has 14 heavy (non-hydrogen) atoms. The molecule has 3 N–H and O–H groups in total. The average Bonchev–Trinajstić information content (AvgIpc) is 2.15. The molecule has 0 heterocycles. The van der Waals surface area contributed by atoms with Crippen LogP contribution in [-0.2, 0) is 9.53 Å². The third kappa shape index (κ3) is 2.24. The Morgan fingerprint density at radius 2 is 2.29 bits per heavy atom. The standard InChI is InChI=1S/C9H10BrNO3/c1-14-9(13)8(11)6-3-2-5(10)4-7(6)12/h2-4,8,12H,11H2,1H3/t8-/m0/s1. The zero-order chi connectivity index (χ0) is 10.7. The SMILES string of the molecule is COC(=O)[C@@H](N)c1ccc(Br)cc1O. The molecule has 0 aromatic heterocycles. The molecule has 0 amide bonds. The van der Waals surface area contributed by atoms with E-state index in [1.165, 1.54) is 13.2 Å². The van der Waals surface area contributed by atoms with Crippen molar-refractivity contribution < 1.29 is 14.6 Å². The lowest BCUT2D eigenvalue weighted by atomic mass is 10.1. The van der Waals surface area contributed by atoms with Gasteiger partial charge in [0, 0.05) is 10.0 Å². The number of methoxy groups -OCH3 is 1. The summed E-state index contributed by atoms with van der Waals surface area (Å²) in [5, 5.41) is 9.49. The first-order valence-corrected chi connectivity index (χ1v) is 4.67. The van der Waals surface area contributed by atoms with Crippen LogP contribution in [0.5, 0.6) is 5.75 Å². The van der Waals surface area contributed by atoms with Gasteiger partial charge in [0.05, 0.1) is 7.11 Å². The summed E-state index contributed by atoms with van der Waals surface area (Å²) in [7, 11) is 1.25. The van der Waals surface area contributed by atoms with Gasteiger partial charge in [-0.1, -0.05) is 22.0 Å². The maximum Gasteiger partial charge on any atom is 0.327 e. The fourth-order valence-corrected chi connectivity index (χ4v) is 1.38. The highest BCUT2D eigenvalue weighted by Crippen LogP contribution is 2.26.